The van der Waals surface area contributed by atoms with Crippen LogP contribution in [0.15, 0.2) is 57.5 Å². The zero-order chi connectivity index (χ0) is 22.7. The Labute approximate surface area is 178 Å². The molecule has 1 heterocycles. The minimum Gasteiger partial charge on any atom is -0.290 e. The summed E-state index contributed by atoms with van der Waals surface area (Å²) in [7, 11) is 0. The average Bonchev–Trinajstić information content (AvgIpc) is 3.00. The Balaban J connectivity index is 1.84. The van der Waals surface area contributed by atoms with E-state index >= 15 is 0 Å². The van der Waals surface area contributed by atoms with E-state index in [0.717, 1.165) is 28.8 Å². The highest BCUT2D eigenvalue weighted by molar-refractivity contribution is 5.85. The topological polar surface area (TPSA) is 79.6 Å². The molecule has 0 spiro atoms. The zero-order valence-electron chi connectivity index (χ0n) is 17.8. The molecule has 3 rings (SSSR count). The molecule has 0 saturated carbocycles. The third kappa shape index (κ3) is 5.02. The molecule has 0 aliphatic heterocycles. The highest BCUT2D eigenvalue weighted by Gasteiger charge is 2.22. The van der Waals surface area contributed by atoms with Gasteiger partial charge in [-0.15, -0.1) is 10.2 Å². The maximum absolute atomic E-state index is 13.7. The number of carbonyl (C=O) groups excluding carboxylic acids is 1. The molecule has 0 aliphatic carbocycles. The van der Waals surface area contributed by atoms with E-state index in [1.54, 1.807) is 13.8 Å². The van der Waals surface area contributed by atoms with Crippen LogP contribution in [0, 0.1) is 24.5 Å². The fourth-order valence-electron chi connectivity index (χ4n) is 3.23. The maximum atomic E-state index is 13.7. The zero-order valence-corrected chi connectivity index (χ0v) is 17.8. The second-order valence-corrected chi connectivity index (χ2v) is 7.92. The van der Waals surface area contributed by atoms with Gasteiger partial charge in [0.1, 0.15) is 11.5 Å². The lowest BCUT2D eigenvalue weighted by atomic mass is 9.96. The number of nitrogens with one attached hydrogen (secondary N) is 1. The van der Waals surface area contributed by atoms with E-state index in [9.17, 15) is 18.4 Å². The molecule has 0 fully saturated rings. The smallest absolute Gasteiger partial charge is 0.290 e. The van der Waals surface area contributed by atoms with Gasteiger partial charge in [0.05, 0.1) is 11.6 Å². The van der Waals surface area contributed by atoms with Gasteiger partial charge in [-0.3, -0.25) is 14.7 Å². The minimum absolute atomic E-state index is 0.114. The number of H-pyrrole nitrogens is 1. The normalized spacial score (nSPS) is 12.6. The van der Waals surface area contributed by atoms with Crippen molar-refractivity contribution >= 4 is 17.3 Å². The third-order valence-electron chi connectivity index (χ3n) is 4.92. The monoisotopic (exact) mass is 426 g/mol. The highest BCUT2D eigenvalue weighted by atomic mass is 19.1. The number of aryl methyl sites for hydroxylation is 1. The summed E-state index contributed by atoms with van der Waals surface area (Å²) in [6, 6.07) is 10.6. The highest BCUT2D eigenvalue weighted by Crippen LogP contribution is 2.23. The van der Waals surface area contributed by atoms with Gasteiger partial charge < -0.3 is 0 Å². The Bertz CT molecular complexity index is 1180. The number of aromatic nitrogens is 2. The van der Waals surface area contributed by atoms with Crippen molar-refractivity contribution in [3.8, 4) is 0 Å². The second kappa shape index (κ2) is 9.16. The van der Waals surface area contributed by atoms with Gasteiger partial charge in [-0.2, -0.15) is 4.68 Å². The molecule has 1 N–H and O–H groups in total. The first kappa shape index (κ1) is 22.3. The first-order valence-corrected chi connectivity index (χ1v) is 9.98. The molecule has 1 unspecified atom stereocenters. The van der Waals surface area contributed by atoms with Crippen LogP contribution in [0.3, 0.4) is 0 Å². The van der Waals surface area contributed by atoms with Gasteiger partial charge in [-0.05, 0) is 49.4 Å². The van der Waals surface area contributed by atoms with Crippen molar-refractivity contribution in [3.63, 3.8) is 0 Å². The van der Waals surface area contributed by atoms with Crippen LogP contribution in [0.5, 0.6) is 0 Å². The van der Waals surface area contributed by atoms with Crippen LogP contribution in [0.2, 0.25) is 0 Å². The van der Waals surface area contributed by atoms with E-state index in [-0.39, 0.29) is 11.4 Å². The summed E-state index contributed by atoms with van der Waals surface area (Å²) in [5.74, 6) is -2.13. The lowest BCUT2D eigenvalue weighted by Crippen LogP contribution is -2.28. The van der Waals surface area contributed by atoms with Gasteiger partial charge in [0.15, 0.2) is 11.5 Å². The number of nitrogens with zero attached hydrogens (tertiary/aromatic N) is 3. The van der Waals surface area contributed by atoms with Crippen LogP contribution in [0.1, 0.15) is 48.3 Å². The molecule has 0 aliphatic rings. The van der Waals surface area contributed by atoms with Crippen molar-refractivity contribution in [2.45, 2.75) is 40.0 Å². The summed E-state index contributed by atoms with van der Waals surface area (Å²) < 4.78 is 27.6. The first-order chi connectivity index (χ1) is 14.7. The molecule has 0 saturated heterocycles. The van der Waals surface area contributed by atoms with Crippen LogP contribution < -0.4 is 5.56 Å². The van der Waals surface area contributed by atoms with Crippen molar-refractivity contribution in [2.24, 2.45) is 16.1 Å². The summed E-state index contributed by atoms with van der Waals surface area (Å²) in [4.78, 5) is 25.6. The molecular weight excluding hydrogens is 402 g/mol. The van der Waals surface area contributed by atoms with Gasteiger partial charge >= 0.3 is 5.56 Å². The van der Waals surface area contributed by atoms with Gasteiger partial charge in [0.25, 0.3) is 5.91 Å². The molecule has 2 aromatic carbocycles. The van der Waals surface area contributed by atoms with Crippen molar-refractivity contribution < 1.29 is 13.6 Å². The second-order valence-electron chi connectivity index (χ2n) is 7.92. The number of rotatable bonds is 6. The predicted molar refractivity (Wildman–Crippen MR) is 114 cm³/mol. The third-order valence-corrected chi connectivity index (χ3v) is 4.92. The Kier molecular flexibility index (Phi) is 6.58. The number of aromatic amines is 1. The number of azo groups is 1. The first-order valence-electron chi connectivity index (χ1n) is 9.98. The number of benzene rings is 2. The quantitative estimate of drug-likeness (QED) is 0.504. The molecule has 0 bridgehead atoms. The number of hydrogen-bond donors (Lipinski definition) is 1. The molecule has 31 heavy (non-hydrogen) atoms. The van der Waals surface area contributed by atoms with E-state index < -0.39 is 29.0 Å². The summed E-state index contributed by atoms with van der Waals surface area (Å²) in [5.41, 5.74) is 1.27. The van der Waals surface area contributed by atoms with E-state index in [2.05, 4.69) is 29.2 Å². The number of carbonyl (C=O) groups is 1. The van der Waals surface area contributed by atoms with Crippen LogP contribution >= 0.6 is 0 Å². The molecule has 6 nitrogen and oxygen atoms in total. The van der Waals surface area contributed by atoms with Gasteiger partial charge in [-0.1, -0.05) is 38.1 Å². The standard InChI is InChI=1S/C23H24F2N4O2/c1-13(2)11-16-5-7-17(8-6-16)14(3)22(30)29-23(31)21(15(4)28-29)27-26-20-10-9-18(24)12-19(20)25/h5-10,12-14,28H,11H2,1-4H3. The summed E-state index contributed by atoms with van der Waals surface area (Å²) in [6.45, 7) is 7.56. The fraction of sp³-hybridized carbons (Fsp3) is 0.304. The molecular formula is C23H24F2N4O2. The lowest BCUT2D eigenvalue weighted by Gasteiger charge is -2.12. The molecule has 0 radical (unpaired) electrons. The van der Waals surface area contributed by atoms with Crippen molar-refractivity contribution in [3.05, 3.63) is 81.3 Å². The largest absolute Gasteiger partial charge is 0.301 e. The van der Waals surface area contributed by atoms with E-state index in [4.69, 9.17) is 0 Å². The van der Waals surface area contributed by atoms with Crippen molar-refractivity contribution in [1.29, 1.82) is 0 Å². The molecule has 8 heteroatoms. The van der Waals surface area contributed by atoms with Crippen LogP contribution in [0.4, 0.5) is 20.2 Å². The minimum atomic E-state index is -0.900. The van der Waals surface area contributed by atoms with Crippen LogP contribution in [-0.4, -0.2) is 15.7 Å². The fourth-order valence-corrected chi connectivity index (χ4v) is 3.23. The van der Waals surface area contributed by atoms with Crippen LogP contribution in [-0.2, 0) is 6.42 Å². The van der Waals surface area contributed by atoms with Crippen molar-refractivity contribution in [1.82, 2.24) is 9.78 Å². The molecule has 0 amide bonds. The Morgan fingerprint density at radius 1 is 1.06 bits per heavy atom. The number of hydrogen-bond acceptors (Lipinski definition) is 4. The molecule has 1 aromatic heterocycles. The SMILES string of the molecule is Cc1[nH]n(C(=O)C(C)c2ccc(CC(C)C)cc2)c(=O)c1N=Nc1ccc(F)cc1F. The summed E-state index contributed by atoms with van der Waals surface area (Å²) in [6.07, 6.45) is 0.945. The van der Waals surface area contributed by atoms with Crippen LogP contribution in [0.25, 0.3) is 0 Å². The molecule has 1 atom stereocenters. The Hall–Kier alpha value is -3.42. The van der Waals surface area contributed by atoms with Gasteiger partial charge in [0.2, 0.25) is 0 Å². The van der Waals surface area contributed by atoms with Gasteiger partial charge in [-0.25, -0.2) is 8.78 Å². The molecule has 162 valence electrons. The Morgan fingerprint density at radius 2 is 1.74 bits per heavy atom. The Morgan fingerprint density at radius 3 is 2.35 bits per heavy atom. The summed E-state index contributed by atoms with van der Waals surface area (Å²) >= 11 is 0. The number of halogens is 2. The maximum Gasteiger partial charge on any atom is 0.301 e. The molecule has 3 aromatic rings. The average molecular weight is 426 g/mol. The predicted octanol–water partition coefficient (Wildman–Crippen LogP) is 5.82. The van der Waals surface area contributed by atoms with Crippen molar-refractivity contribution in [2.75, 3.05) is 0 Å². The van der Waals surface area contributed by atoms with Gasteiger partial charge in [0, 0.05) is 6.07 Å². The van der Waals surface area contributed by atoms with E-state index in [1.807, 2.05) is 24.3 Å². The lowest BCUT2D eigenvalue weighted by molar-refractivity contribution is 0.0864. The van der Waals surface area contributed by atoms with E-state index in [0.29, 0.717) is 17.7 Å². The van der Waals surface area contributed by atoms with E-state index in [1.165, 1.54) is 5.56 Å². The summed E-state index contributed by atoms with van der Waals surface area (Å²) in [5, 5.41) is 10.2.